The number of hydrogen-bond donors (Lipinski definition) is 1. The van der Waals surface area contributed by atoms with Crippen molar-refractivity contribution >= 4 is 5.91 Å². The minimum absolute atomic E-state index is 0.117. The van der Waals surface area contributed by atoms with Gasteiger partial charge in [0.25, 0.3) is 0 Å². The summed E-state index contributed by atoms with van der Waals surface area (Å²) in [5.41, 5.74) is 5.98. The van der Waals surface area contributed by atoms with Crippen LogP contribution < -0.4 is 5.73 Å². The number of hydrogen-bond acceptors (Lipinski definition) is 2. The molecule has 2 N–H and O–H groups in total. The summed E-state index contributed by atoms with van der Waals surface area (Å²) >= 11 is 0. The van der Waals surface area contributed by atoms with Crippen LogP contribution in [0.25, 0.3) is 0 Å². The molecule has 1 heterocycles. The highest BCUT2D eigenvalue weighted by Crippen LogP contribution is 2.33. The van der Waals surface area contributed by atoms with Gasteiger partial charge in [-0.3, -0.25) is 4.79 Å². The van der Waals surface area contributed by atoms with Crippen LogP contribution in [0.15, 0.2) is 0 Å². The Morgan fingerprint density at radius 3 is 2.73 bits per heavy atom. The Morgan fingerprint density at radius 1 is 1.40 bits per heavy atom. The third-order valence-corrected chi connectivity index (χ3v) is 3.76. The second-order valence-corrected chi connectivity index (χ2v) is 5.14. The summed E-state index contributed by atoms with van der Waals surface area (Å²) in [5.74, 6) is 0.913. The lowest BCUT2D eigenvalue weighted by Gasteiger charge is -2.34. The van der Waals surface area contributed by atoms with Gasteiger partial charge in [-0.05, 0) is 44.9 Å². The molecule has 0 radical (unpaired) electrons. The van der Waals surface area contributed by atoms with Crippen molar-refractivity contribution in [1.82, 2.24) is 4.90 Å². The Balaban J connectivity index is 1.82. The van der Waals surface area contributed by atoms with Crippen LogP contribution in [0.5, 0.6) is 0 Å². The molecule has 0 aromatic rings. The molecular formula is C12H22N2O. The molecule has 0 aromatic heterocycles. The van der Waals surface area contributed by atoms with Crippen molar-refractivity contribution < 1.29 is 4.79 Å². The van der Waals surface area contributed by atoms with Gasteiger partial charge in [-0.1, -0.05) is 0 Å². The fraction of sp³-hybridized carbons (Fsp3) is 0.917. The molecule has 2 rings (SSSR count). The van der Waals surface area contributed by atoms with E-state index in [0.717, 1.165) is 19.4 Å². The molecule has 2 unspecified atom stereocenters. The molecule has 0 aromatic carbocycles. The molecule has 0 spiro atoms. The lowest BCUT2D eigenvalue weighted by Crippen LogP contribution is -2.44. The van der Waals surface area contributed by atoms with E-state index < -0.39 is 0 Å². The highest BCUT2D eigenvalue weighted by molar-refractivity contribution is 5.77. The minimum atomic E-state index is 0.117. The van der Waals surface area contributed by atoms with E-state index in [2.05, 4.69) is 6.92 Å². The van der Waals surface area contributed by atoms with E-state index >= 15 is 0 Å². The van der Waals surface area contributed by atoms with Crippen molar-refractivity contribution in [2.75, 3.05) is 6.54 Å². The molecule has 2 atom stereocenters. The second-order valence-electron chi connectivity index (χ2n) is 5.14. The molecule has 1 amide bonds. The van der Waals surface area contributed by atoms with Crippen LogP contribution in [-0.4, -0.2) is 29.4 Å². The van der Waals surface area contributed by atoms with Gasteiger partial charge in [0.2, 0.25) is 5.91 Å². The van der Waals surface area contributed by atoms with E-state index in [4.69, 9.17) is 5.73 Å². The van der Waals surface area contributed by atoms with Crippen LogP contribution in [0.1, 0.15) is 45.4 Å². The molecular weight excluding hydrogens is 188 g/mol. The molecule has 1 saturated heterocycles. The SMILES string of the molecule is CC1CCCCN1C(=O)CC(N)C1CC1. The maximum atomic E-state index is 12.0. The summed E-state index contributed by atoms with van der Waals surface area (Å²) in [6, 6.07) is 0.546. The first-order chi connectivity index (χ1) is 7.18. The maximum absolute atomic E-state index is 12.0. The fourth-order valence-corrected chi connectivity index (χ4v) is 2.48. The average molecular weight is 210 g/mol. The molecule has 3 nitrogen and oxygen atoms in total. The van der Waals surface area contributed by atoms with Gasteiger partial charge < -0.3 is 10.6 Å². The van der Waals surface area contributed by atoms with Crippen molar-refractivity contribution in [2.24, 2.45) is 11.7 Å². The largest absolute Gasteiger partial charge is 0.340 e. The summed E-state index contributed by atoms with van der Waals surface area (Å²) < 4.78 is 0. The van der Waals surface area contributed by atoms with E-state index in [1.165, 1.54) is 19.3 Å². The molecule has 0 bridgehead atoms. The van der Waals surface area contributed by atoms with Gasteiger partial charge in [-0.2, -0.15) is 0 Å². The number of rotatable bonds is 3. The summed E-state index contributed by atoms with van der Waals surface area (Å²) in [7, 11) is 0. The Bertz CT molecular complexity index is 238. The molecule has 2 aliphatic rings. The lowest BCUT2D eigenvalue weighted by atomic mass is 10.0. The normalized spacial score (nSPS) is 28.9. The first-order valence-electron chi connectivity index (χ1n) is 6.23. The summed E-state index contributed by atoms with van der Waals surface area (Å²) in [6.45, 7) is 3.09. The lowest BCUT2D eigenvalue weighted by molar-refractivity contribution is -0.134. The van der Waals surface area contributed by atoms with Crippen LogP contribution in [0.2, 0.25) is 0 Å². The Labute approximate surface area is 92.0 Å². The number of nitrogens with two attached hydrogens (primary N) is 1. The van der Waals surface area contributed by atoms with Crippen molar-refractivity contribution in [1.29, 1.82) is 0 Å². The first-order valence-corrected chi connectivity index (χ1v) is 6.23. The van der Waals surface area contributed by atoms with Crippen LogP contribution in [-0.2, 0) is 4.79 Å². The third kappa shape index (κ3) is 2.71. The van der Waals surface area contributed by atoms with E-state index in [0.29, 0.717) is 18.4 Å². The number of amides is 1. The monoisotopic (exact) mass is 210 g/mol. The van der Waals surface area contributed by atoms with Crippen molar-refractivity contribution in [3.8, 4) is 0 Å². The average Bonchev–Trinajstić information content (AvgIpc) is 3.01. The Kier molecular flexibility index (Phi) is 3.29. The molecule has 1 saturated carbocycles. The summed E-state index contributed by atoms with van der Waals surface area (Å²) in [4.78, 5) is 14.0. The number of carbonyl (C=O) groups excluding carboxylic acids is 1. The standard InChI is InChI=1S/C12H22N2O/c1-9-4-2-3-7-14(9)12(15)8-11(13)10-5-6-10/h9-11H,2-8,13H2,1H3. The molecule has 86 valence electrons. The van der Waals surface area contributed by atoms with Crippen LogP contribution in [0.4, 0.5) is 0 Å². The fourth-order valence-electron chi connectivity index (χ4n) is 2.48. The maximum Gasteiger partial charge on any atom is 0.224 e. The van der Waals surface area contributed by atoms with Crippen LogP contribution in [0, 0.1) is 5.92 Å². The predicted octanol–water partition coefficient (Wildman–Crippen LogP) is 1.51. The quantitative estimate of drug-likeness (QED) is 0.767. The molecule has 15 heavy (non-hydrogen) atoms. The van der Waals surface area contributed by atoms with E-state index in [-0.39, 0.29) is 11.9 Å². The van der Waals surface area contributed by atoms with Crippen molar-refractivity contribution in [3.63, 3.8) is 0 Å². The number of nitrogens with zero attached hydrogens (tertiary/aromatic N) is 1. The van der Waals surface area contributed by atoms with Gasteiger partial charge in [0.1, 0.15) is 0 Å². The summed E-state index contributed by atoms with van der Waals surface area (Å²) in [6.07, 6.45) is 6.60. The highest BCUT2D eigenvalue weighted by atomic mass is 16.2. The van der Waals surface area contributed by atoms with Gasteiger partial charge >= 0.3 is 0 Å². The van der Waals surface area contributed by atoms with E-state index in [1.807, 2.05) is 4.90 Å². The molecule has 1 aliphatic carbocycles. The summed E-state index contributed by atoms with van der Waals surface area (Å²) in [5, 5.41) is 0. The molecule has 3 heteroatoms. The first kappa shape index (κ1) is 10.9. The van der Waals surface area contributed by atoms with Gasteiger partial charge in [-0.15, -0.1) is 0 Å². The van der Waals surface area contributed by atoms with E-state index in [1.54, 1.807) is 0 Å². The van der Waals surface area contributed by atoms with Crippen molar-refractivity contribution in [3.05, 3.63) is 0 Å². The molecule has 2 fully saturated rings. The topological polar surface area (TPSA) is 46.3 Å². The number of carbonyl (C=O) groups is 1. The van der Waals surface area contributed by atoms with Gasteiger partial charge in [-0.25, -0.2) is 0 Å². The third-order valence-electron chi connectivity index (χ3n) is 3.76. The van der Waals surface area contributed by atoms with Crippen molar-refractivity contribution in [2.45, 2.75) is 57.5 Å². The zero-order valence-corrected chi connectivity index (χ0v) is 9.61. The van der Waals surface area contributed by atoms with Crippen LogP contribution in [0.3, 0.4) is 0 Å². The Hall–Kier alpha value is -0.570. The van der Waals surface area contributed by atoms with Gasteiger partial charge in [0.05, 0.1) is 0 Å². The zero-order valence-electron chi connectivity index (χ0n) is 9.61. The Morgan fingerprint density at radius 2 is 2.13 bits per heavy atom. The number of likely N-dealkylation sites (tertiary alicyclic amines) is 1. The minimum Gasteiger partial charge on any atom is -0.340 e. The molecule has 1 aliphatic heterocycles. The van der Waals surface area contributed by atoms with Gasteiger partial charge in [0, 0.05) is 25.0 Å². The predicted molar refractivity (Wildman–Crippen MR) is 60.3 cm³/mol. The van der Waals surface area contributed by atoms with Gasteiger partial charge in [0.15, 0.2) is 0 Å². The highest BCUT2D eigenvalue weighted by Gasteiger charge is 2.32. The smallest absolute Gasteiger partial charge is 0.224 e. The zero-order chi connectivity index (χ0) is 10.8. The van der Waals surface area contributed by atoms with Crippen LogP contribution >= 0.6 is 0 Å². The second kappa shape index (κ2) is 4.52. The number of piperidine rings is 1. The van der Waals surface area contributed by atoms with E-state index in [9.17, 15) is 4.79 Å².